The minimum absolute atomic E-state index is 0. The van der Waals surface area contributed by atoms with E-state index in [0.29, 0.717) is 25.0 Å². The highest BCUT2D eigenvalue weighted by Crippen LogP contribution is 2.13. The molecular weight excluding hydrogens is 431 g/mol. The summed E-state index contributed by atoms with van der Waals surface area (Å²) in [4.78, 5) is 16.0. The number of carbonyl (C=O) groups excluding carboxylic acids is 1. The minimum atomic E-state index is -0.418. The standard InChI is InChI=1S/C18H30N4O2.HI/c1-6-24-18(23)22-16(9-12(2)3)11-20-17(19)21-15-8-7-13(4)14(5)10-15;/h7-8,10,12,16H,6,9,11H2,1-5H3,(H,22,23)(H3,19,20,21);1H. The first-order valence-corrected chi connectivity index (χ1v) is 8.39. The Hall–Kier alpha value is -1.51. The van der Waals surface area contributed by atoms with E-state index in [9.17, 15) is 4.79 Å². The lowest BCUT2D eigenvalue weighted by atomic mass is 10.0. The van der Waals surface area contributed by atoms with Gasteiger partial charge in [0, 0.05) is 5.69 Å². The Kier molecular flexibility index (Phi) is 11.2. The van der Waals surface area contributed by atoms with Gasteiger partial charge in [0.25, 0.3) is 0 Å². The number of benzene rings is 1. The molecule has 1 aromatic rings. The van der Waals surface area contributed by atoms with Crippen LogP contribution in [0.3, 0.4) is 0 Å². The zero-order valence-corrected chi connectivity index (χ0v) is 18.1. The number of aryl methyl sites for hydroxylation is 2. The number of hydrogen-bond donors (Lipinski definition) is 3. The topological polar surface area (TPSA) is 88.7 Å². The fourth-order valence-electron chi connectivity index (χ4n) is 2.30. The van der Waals surface area contributed by atoms with E-state index in [1.165, 1.54) is 11.1 Å². The molecule has 0 spiro atoms. The molecule has 0 aromatic heterocycles. The molecule has 1 rings (SSSR count). The number of carbonyl (C=O) groups is 1. The quantitative estimate of drug-likeness (QED) is 0.327. The summed E-state index contributed by atoms with van der Waals surface area (Å²) in [6.45, 7) is 10.8. The molecule has 0 aliphatic heterocycles. The molecule has 0 fully saturated rings. The average molecular weight is 462 g/mol. The van der Waals surface area contributed by atoms with Crippen molar-refractivity contribution < 1.29 is 9.53 Å². The largest absolute Gasteiger partial charge is 0.450 e. The van der Waals surface area contributed by atoms with E-state index in [1.807, 2.05) is 18.2 Å². The Morgan fingerprint density at radius 3 is 2.52 bits per heavy atom. The number of rotatable bonds is 7. The van der Waals surface area contributed by atoms with Crippen molar-refractivity contribution in [3.8, 4) is 0 Å². The normalized spacial score (nSPS) is 12.3. The molecule has 1 atom stereocenters. The molecule has 142 valence electrons. The molecule has 1 unspecified atom stereocenters. The molecule has 1 aromatic carbocycles. The SMILES string of the molecule is CCOC(=O)NC(CN=C(N)Nc1ccc(C)c(C)c1)CC(C)C.I. The average Bonchev–Trinajstić information content (AvgIpc) is 2.48. The van der Waals surface area contributed by atoms with Crippen molar-refractivity contribution in [2.45, 2.75) is 47.1 Å². The summed E-state index contributed by atoms with van der Waals surface area (Å²) in [7, 11) is 0. The smallest absolute Gasteiger partial charge is 0.407 e. The predicted octanol–water partition coefficient (Wildman–Crippen LogP) is 3.81. The number of nitrogens with zero attached hydrogens (tertiary/aromatic N) is 1. The Labute approximate surface area is 168 Å². The van der Waals surface area contributed by atoms with Crippen molar-refractivity contribution in [3.05, 3.63) is 29.3 Å². The van der Waals surface area contributed by atoms with E-state index in [4.69, 9.17) is 10.5 Å². The number of hydrogen-bond acceptors (Lipinski definition) is 3. The van der Waals surface area contributed by atoms with Gasteiger partial charge in [-0.1, -0.05) is 19.9 Å². The Balaban J connectivity index is 0.00000576. The van der Waals surface area contributed by atoms with Crippen LogP contribution in [0, 0.1) is 19.8 Å². The Bertz CT molecular complexity index is 576. The van der Waals surface area contributed by atoms with Gasteiger partial charge in [-0.2, -0.15) is 0 Å². The number of alkyl carbamates (subject to hydrolysis) is 1. The van der Waals surface area contributed by atoms with Crippen molar-refractivity contribution in [2.75, 3.05) is 18.5 Å². The summed E-state index contributed by atoms with van der Waals surface area (Å²) in [6, 6.07) is 5.92. The monoisotopic (exact) mass is 462 g/mol. The van der Waals surface area contributed by atoms with Crippen LogP contribution in [-0.2, 0) is 4.74 Å². The number of nitrogens with two attached hydrogens (primary N) is 1. The maximum Gasteiger partial charge on any atom is 0.407 e. The second kappa shape index (κ2) is 11.9. The summed E-state index contributed by atoms with van der Waals surface area (Å²) in [6.07, 6.45) is 0.387. The molecule has 0 saturated carbocycles. The van der Waals surface area contributed by atoms with Crippen LogP contribution >= 0.6 is 24.0 Å². The first kappa shape index (κ1) is 23.5. The zero-order valence-electron chi connectivity index (χ0n) is 15.8. The molecule has 0 bridgehead atoms. The molecule has 0 aliphatic carbocycles. The van der Waals surface area contributed by atoms with Crippen LogP contribution in [0.5, 0.6) is 0 Å². The summed E-state index contributed by atoms with van der Waals surface area (Å²) >= 11 is 0. The fraction of sp³-hybridized carbons (Fsp3) is 0.556. The van der Waals surface area contributed by atoms with E-state index >= 15 is 0 Å². The Morgan fingerprint density at radius 1 is 1.28 bits per heavy atom. The fourth-order valence-corrected chi connectivity index (χ4v) is 2.30. The highest BCUT2D eigenvalue weighted by molar-refractivity contribution is 14.0. The van der Waals surface area contributed by atoms with Gasteiger partial charge in [0.15, 0.2) is 5.96 Å². The molecule has 25 heavy (non-hydrogen) atoms. The molecule has 7 heteroatoms. The summed E-state index contributed by atoms with van der Waals surface area (Å²) in [5, 5.41) is 5.91. The van der Waals surface area contributed by atoms with Gasteiger partial charge in [-0.25, -0.2) is 4.79 Å². The summed E-state index contributed by atoms with van der Waals surface area (Å²) in [5.74, 6) is 0.763. The van der Waals surface area contributed by atoms with Crippen molar-refractivity contribution in [1.29, 1.82) is 0 Å². The number of amides is 1. The van der Waals surface area contributed by atoms with E-state index in [0.717, 1.165) is 12.1 Å². The van der Waals surface area contributed by atoms with E-state index in [-0.39, 0.29) is 30.0 Å². The van der Waals surface area contributed by atoms with Gasteiger partial charge < -0.3 is 21.1 Å². The molecular formula is C18H31IN4O2. The van der Waals surface area contributed by atoms with Crippen LogP contribution in [-0.4, -0.2) is 31.2 Å². The van der Waals surface area contributed by atoms with Crippen LogP contribution < -0.4 is 16.4 Å². The van der Waals surface area contributed by atoms with Crippen LogP contribution in [0.2, 0.25) is 0 Å². The third-order valence-corrected chi connectivity index (χ3v) is 3.61. The van der Waals surface area contributed by atoms with Crippen LogP contribution in [0.15, 0.2) is 23.2 Å². The van der Waals surface area contributed by atoms with Crippen molar-refractivity contribution in [1.82, 2.24) is 5.32 Å². The van der Waals surface area contributed by atoms with Crippen molar-refractivity contribution in [2.24, 2.45) is 16.6 Å². The van der Waals surface area contributed by atoms with Crippen LogP contribution in [0.4, 0.5) is 10.5 Å². The maximum atomic E-state index is 11.6. The molecule has 0 radical (unpaired) electrons. The highest BCUT2D eigenvalue weighted by Gasteiger charge is 2.14. The first-order valence-electron chi connectivity index (χ1n) is 8.39. The molecule has 0 heterocycles. The van der Waals surface area contributed by atoms with Crippen molar-refractivity contribution >= 4 is 41.7 Å². The van der Waals surface area contributed by atoms with E-state index in [1.54, 1.807) is 6.92 Å². The number of nitrogens with one attached hydrogen (secondary N) is 2. The third-order valence-electron chi connectivity index (χ3n) is 3.61. The second-order valence-electron chi connectivity index (χ2n) is 6.34. The third kappa shape index (κ3) is 9.52. The highest BCUT2D eigenvalue weighted by atomic mass is 127. The second-order valence-corrected chi connectivity index (χ2v) is 6.34. The number of guanidine groups is 1. The molecule has 4 N–H and O–H groups in total. The number of ether oxygens (including phenoxy) is 1. The van der Waals surface area contributed by atoms with E-state index in [2.05, 4.69) is 43.3 Å². The summed E-state index contributed by atoms with van der Waals surface area (Å²) in [5.41, 5.74) is 9.28. The molecule has 6 nitrogen and oxygen atoms in total. The molecule has 0 saturated heterocycles. The number of halogens is 1. The number of anilines is 1. The van der Waals surface area contributed by atoms with Gasteiger partial charge in [-0.3, -0.25) is 4.99 Å². The predicted molar refractivity (Wildman–Crippen MR) is 115 cm³/mol. The number of aliphatic imine (C=N–C) groups is 1. The summed E-state index contributed by atoms with van der Waals surface area (Å²) < 4.78 is 4.94. The van der Waals surface area contributed by atoms with Crippen LogP contribution in [0.25, 0.3) is 0 Å². The molecule has 0 aliphatic rings. The van der Waals surface area contributed by atoms with Gasteiger partial charge in [-0.05, 0) is 56.4 Å². The van der Waals surface area contributed by atoms with E-state index < -0.39 is 6.09 Å². The zero-order chi connectivity index (χ0) is 18.1. The lowest BCUT2D eigenvalue weighted by Gasteiger charge is -2.19. The maximum absolute atomic E-state index is 11.6. The van der Waals surface area contributed by atoms with Gasteiger partial charge >= 0.3 is 6.09 Å². The van der Waals surface area contributed by atoms with Gasteiger partial charge in [0.05, 0.1) is 19.2 Å². The lowest BCUT2D eigenvalue weighted by Crippen LogP contribution is -2.39. The lowest BCUT2D eigenvalue weighted by molar-refractivity contribution is 0.147. The van der Waals surface area contributed by atoms with Crippen LogP contribution in [0.1, 0.15) is 38.3 Å². The molecule has 1 amide bonds. The van der Waals surface area contributed by atoms with Gasteiger partial charge in [-0.15, -0.1) is 24.0 Å². The van der Waals surface area contributed by atoms with Gasteiger partial charge in [0.2, 0.25) is 0 Å². The Morgan fingerprint density at radius 2 is 1.96 bits per heavy atom. The van der Waals surface area contributed by atoms with Crippen molar-refractivity contribution in [3.63, 3.8) is 0 Å². The minimum Gasteiger partial charge on any atom is -0.450 e. The first-order chi connectivity index (χ1) is 11.3. The van der Waals surface area contributed by atoms with Gasteiger partial charge in [0.1, 0.15) is 0 Å².